The second-order valence-corrected chi connectivity index (χ2v) is 4.97. The highest BCUT2D eigenvalue weighted by Crippen LogP contribution is 2.36. The largest absolute Gasteiger partial charge is 0.496 e. The zero-order chi connectivity index (χ0) is 18.6. The Morgan fingerprint density at radius 3 is 2.16 bits per heavy atom. The highest BCUT2D eigenvalue weighted by atomic mass is 16.5. The minimum atomic E-state index is -0.796. The first-order chi connectivity index (χ1) is 12.0. The van der Waals surface area contributed by atoms with Crippen molar-refractivity contribution in [2.75, 3.05) is 27.9 Å². The number of methoxy groups -OCH3 is 3. The van der Waals surface area contributed by atoms with Gasteiger partial charge in [-0.15, -0.1) is 6.58 Å². The van der Waals surface area contributed by atoms with Crippen molar-refractivity contribution in [2.45, 2.75) is 0 Å². The molecule has 0 atom stereocenters. The molecule has 0 unspecified atom stereocenters. The topological polar surface area (TPSA) is 94.2 Å². The molecule has 0 aromatic heterocycles. The molecule has 1 saturated heterocycles. The van der Waals surface area contributed by atoms with Crippen LogP contribution < -0.4 is 19.5 Å². The van der Waals surface area contributed by atoms with Crippen molar-refractivity contribution in [1.82, 2.24) is 10.2 Å². The predicted molar refractivity (Wildman–Crippen MR) is 89.5 cm³/mol. The molecule has 1 N–H and O–H groups in total. The number of hydrogen-bond donors (Lipinski definition) is 1. The van der Waals surface area contributed by atoms with E-state index < -0.39 is 17.8 Å². The van der Waals surface area contributed by atoms with Gasteiger partial charge in [-0.25, -0.2) is 4.79 Å². The summed E-state index contributed by atoms with van der Waals surface area (Å²) in [5, 5.41) is 2.12. The summed E-state index contributed by atoms with van der Waals surface area (Å²) in [4.78, 5) is 37.2. The molecule has 0 bridgehead atoms. The maximum Gasteiger partial charge on any atom is 0.331 e. The smallest absolute Gasteiger partial charge is 0.331 e. The van der Waals surface area contributed by atoms with Gasteiger partial charge in [-0.2, -0.15) is 0 Å². The van der Waals surface area contributed by atoms with Gasteiger partial charge in [0, 0.05) is 18.7 Å². The number of ether oxygens (including phenoxy) is 3. The van der Waals surface area contributed by atoms with E-state index in [0.29, 0.717) is 22.8 Å². The quantitative estimate of drug-likeness (QED) is 0.475. The van der Waals surface area contributed by atoms with Gasteiger partial charge in [-0.3, -0.25) is 19.8 Å². The van der Waals surface area contributed by atoms with Crippen molar-refractivity contribution in [3.63, 3.8) is 0 Å². The third kappa shape index (κ3) is 3.47. The number of nitrogens with zero attached hydrogens (tertiary/aromatic N) is 1. The molecule has 1 fully saturated rings. The SMILES string of the molecule is C=CCN1C(=O)NC(=O)C(=Cc2c(OC)cc(OC)cc2OC)C1=O. The first-order valence-electron chi connectivity index (χ1n) is 7.26. The Kier molecular flexibility index (Phi) is 5.43. The number of nitrogens with one attached hydrogen (secondary N) is 1. The lowest BCUT2D eigenvalue weighted by Crippen LogP contribution is -2.54. The van der Waals surface area contributed by atoms with E-state index in [1.165, 1.54) is 33.5 Å². The van der Waals surface area contributed by atoms with E-state index >= 15 is 0 Å². The molecule has 8 heteroatoms. The van der Waals surface area contributed by atoms with Gasteiger partial charge >= 0.3 is 6.03 Å². The highest BCUT2D eigenvalue weighted by molar-refractivity contribution is 6.31. The number of barbiturate groups is 1. The zero-order valence-electron chi connectivity index (χ0n) is 14.1. The van der Waals surface area contributed by atoms with Crippen molar-refractivity contribution in [3.8, 4) is 17.2 Å². The molecule has 1 heterocycles. The van der Waals surface area contributed by atoms with Crippen LogP contribution in [0.4, 0.5) is 4.79 Å². The average molecular weight is 346 g/mol. The lowest BCUT2D eigenvalue weighted by atomic mass is 10.0. The lowest BCUT2D eigenvalue weighted by Gasteiger charge is -2.25. The molecule has 8 nitrogen and oxygen atoms in total. The van der Waals surface area contributed by atoms with E-state index in [2.05, 4.69) is 11.9 Å². The summed E-state index contributed by atoms with van der Waals surface area (Å²) in [6, 6.07) is 2.39. The standard InChI is InChI=1S/C17H18N2O6/c1-5-6-19-16(21)12(15(20)18-17(19)22)9-11-13(24-3)7-10(23-2)8-14(11)25-4/h5,7-9H,1,6H2,2-4H3,(H,18,20,22). The summed E-state index contributed by atoms with van der Waals surface area (Å²) < 4.78 is 15.7. The fourth-order valence-corrected chi connectivity index (χ4v) is 2.31. The van der Waals surface area contributed by atoms with Gasteiger partial charge < -0.3 is 14.2 Å². The number of imide groups is 2. The van der Waals surface area contributed by atoms with E-state index in [4.69, 9.17) is 14.2 Å². The number of carbonyl (C=O) groups excluding carboxylic acids is 3. The van der Waals surface area contributed by atoms with E-state index in [-0.39, 0.29) is 12.1 Å². The van der Waals surface area contributed by atoms with Crippen molar-refractivity contribution in [1.29, 1.82) is 0 Å². The Morgan fingerprint density at radius 1 is 1.08 bits per heavy atom. The molecular weight excluding hydrogens is 328 g/mol. The molecule has 1 aromatic rings. The van der Waals surface area contributed by atoms with Crippen LogP contribution in [0.15, 0.2) is 30.4 Å². The molecule has 0 spiro atoms. The maximum atomic E-state index is 12.5. The molecular formula is C17H18N2O6. The molecule has 132 valence electrons. The van der Waals surface area contributed by atoms with Crippen LogP contribution in [0.3, 0.4) is 0 Å². The Bertz CT molecular complexity index is 743. The predicted octanol–water partition coefficient (Wildman–Crippen LogP) is 1.36. The number of amides is 4. The van der Waals surface area contributed by atoms with Crippen molar-refractivity contribution < 1.29 is 28.6 Å². The van der Waals surface area contributed by atoms with Crippen molar-refractivity contribution >= 4 is 23.9 Å². The molecule has 1 aliphatic rings. The second-order valence-electron chi connectivity index (χ2n) is 4.97. The first-order valence-corrected chi connectivity index (χ1v) is 7.26. The molecule has 25 heavy (non-hydrogen) atoms. The third-order valence-corrected chi connectivity index (χ3v) is 3.54. The van der Waals surface area contributed by atoms with Gasteiger partial charge in [0.2, 0.25) is 0 Å². The maximum absolute atomic E-state index is 12.5. The van der Waals surface area contributed by atoms with Gasteiger partial charge in [0.25, 0.3) is 11.8 Å². The average Bonchev–Trinajstić information content (AvgIpc) is 2.61. The molecule has 1 aromatic carbocycles. The highest BCUT2D eigenvalue weighted by Gasteiger charge is 2.35. The summed E-state index contributed by atoms with van der Waals surface area (Å²) in [5.74, 6) is -0.351. The first kappa shape index (κ1) is 18.1. The molecule has 2 rings (SSSR count). The van der Waals surface area contributed by atoms with Gasteiger partial charge in [0.15, 0.2) is 0 Å². The number of hydrogen-bond acceptors (Lipinski definition) is 6. The molecule has 0 saturated carbocycles. The van der Waals surface area contributed by atoms with Crippen LogP contribution in [0.1, 0.15) is 5.56 Å². The van der Waals surface area contributed by atoms with Gasteiger partial charge in [0.1, 0.15) is 22.8 Å². The Hall–Kier alpha value is -3.29. The fraction of sp³-hybridized carbons (Fsp3) is 0.235. The second kappa shape index (κ2) is 7.52. The summed E-state index contributed by atoms with van der Waals surface area (Å²) in [7, 11) is 4.36. The van der Waals surface area contributed by atoms with Gasteiger partial charge in [-0.1, -0.05) is 6.08 Å². The Morgan fingerprint density at radius 2 is 1.68 bits per heavy atom. The monoisotopic (exact) mass is 346 g/mol. The van der Waals surface area contributed by atoms with Crippen LogP contribution in [0.25, 0.3) is 6.08 Å². The van der Waals surface area contributed by atoms with E-state index in [1.54, 1.807) is 12.1 Å². The minimum Gasteiger partial charge on any atom is -0.496 e. The van der Waals surface area contributed by atoms with E-state index in [9.17, 15) is 14.4 Å². The van der Waals surface area contributed by atoms with Crippen LogP contribution in [0.5, 0.6) is 17.2 Å². The number of rotatable bonds is 6. The summed E-state index contributed by atoms with van der Waals surface area (Å²) in [6.07, 6.45) is 2.71. The molecule has 0 radical (unpaired) electrons. The number of urea groups is 1. The number of carbonyl (C=O) groups is 3. The van der Waals surface area contributed by atoms with Crippen LogP contribution in [-0.2, 0) is 9.59 Å². The summed E-state index contributed by atoms with van der Waals surface area (Å²) >= 11 is 0. The van der Waals surface area contributed by atoms with Gasteiger partial charge in [0.05, 0.1) is 26.9 Å². The summed E-state index contributed by atoms with van der Waals surface area (Å²) in [6.45, 7) is 3.47. The fourth-order valence-electron chi connectivity index (χ4n) is 2.31. The van der Waals surface area contributed by atoms with Crippen molar-refractivity contribution in [2.24, 2.45) is 0 Å². The lowest BCUT2D eigenvalue weighted by molar-refractivity contribution is -0.129. The molecule has 4 amide bonds. The van der Waals surface area contributed by atoms with Crippen LogP contribution in [0, 0.1) is 0 Å². The molecule has 0 aliphatic carbocycles. The Labute approximate surface area is 144 Å². The van der Waals surface area contributed by atoms with Gasteiger partial charge in [-0.05, 0) is 6.08 Å². The van der Waals surface area contributed by atoms with E-state index in [1.807, 2.05) is 0 Å². The molecule has 1 aliphatic heterocycles. The number of benzene rings is 1. The minimum absolute atomic E-state index is 0.0217. The third-order valence-electron chi connectivity index (χ3n) is 3.54. The Balaban J connectivity index is 2.57. The van der Waals surface area contributed by atoms with Crippen LogP contribution in [0.2, 0.25) is 0 Å². The van der Waals surface area contributed by atoms with Crippen molar-refractivity contribution in [3.05, 3.63) is 35.9 Å². The zero-order valence-corrected chi connectivity index (χ0v) is 14.1. The van der Waals surface area contributed by atoms with Crippen LogP contribution in [-0.4, -0.2) is 50.6 Å². The van der Waals surface area contributed by atoms with E-state index in [0.717, 1.165) is 4.90 Å². The van der Waals surface area contributed by atoms with Crippen LogP contribution >= 0.6 is 0 Å². The normalized spacial score (nSPS) is 15.9. The summed E-state index contributed by atoms with van der Waals surface area (Å²) in [5.41, 5.74) is 0.153.